The molecular weight excluding hydrogens is 384 g/mol. The molecule has 0 radical (unpaired) electrons. The Morgan fingerprint density at radius 2 is 1.35 bits per heavy atom. The molecule has 0 saturated carbocycles. The fourth-order valence-corrected chi connectivity index (χ4v) is 1.52. The standard InChI is InChI=1S/C16H10O6.Mo/c1-2-3-4-12(7-18)14(9-20)16(11-22)15(10-21)13(8-19)5-6-17;/h5H,2-4H2,1H3;. The third-order valence-electron chi connectivity index (χ3n) is 2.59. The van der Waals surface area contributed by atoms with Crippen molar-refractivity contribution in [3.05, 3.63) is 33.9 Å². The molecule has 0 aromatic heterocycles. The molecule has 0 unspecified atom stereocenters. The molecule has 0 N–H and O–H groups in total. The number of carbonyl (C=O) groups excluding carboxylic acids is 6. The summed E-state index contributed by atoms with van der Waals surface area (Å²) in [6.45, 7) is 1.84. The van der Waals surface area contributed by atoms with Gasteiger partial charge in [0.1, 0.15) is 35.6 Å². The molecule has 116 valence electrons. The van der Waals surface area contributed by atoms with Crippen LogP contribution >= 0.6 is 0 Å². The number of hydrogen-bond donors (Lipinski definition) is 0. The van der Waals surface area contributed by atoms with Gasteiger partial charge in [0.25, 0.3) is 0 Å². The largest absolute Gasteiger partial charge is 0.233 e. The van der Waals surface area contributed by atoms with Crippen LogP contribution in [0.3, 0.4) is 0 Å². The first-order valence-electron chi connectivity index (χ1n) is 6.11. The maximum absolute atomic E-state index is 11.1. The van der Waals surface area contributed by atoms with Crippen molar-refractivity contribution < 1.29 is 49.8 Å². The summed E-state index contributed by atoms with van der Waals surface area (Å²) in [5, 5.41) is 0. The van der Waals surface area contributed by atoms with Crippen LogP contribution in [-0.4, -0.2) is 35.6 Å². The van der Waals surface area contributed by atoms with Crippen molar-refractivity contribution >= 4 is 35.6 Å². The van der Waals surface area contributed by atoms with Gasteiger partial charge in [-0.15, -0.1) is 0 Å². The Labute approximate surface area is 145 Å². The molecule has 0 heterocycles. The van der Waals surface area contributed by atoms with E-state index >= 15 is 0 Å². The molecule has 0 saturated heterocycles. The van der Waals surface area contributed by atoms with Crippen molar-refractivity contribution in [2.24, 2.45) is 0 Å². The molecule has 0 aliphatic heterocycles. The summed E-state index contributed by atoms with van der Waals surface area (Å²) >= 11 is 0. The summed E-state index contributed by atoms with van der Waals surface area (Å²) in [5.74, 6) is 7.88. The summed E-state index contributed by atoms with van der Waals surface area (Å²) in [7, 11) is 0. The van der Waals surface area contributed by atoms with Gasteiger partial charge in [0, 0.05) is 27.1 Å². The molecule has 0 bridgehead atoms. The Kier molecular flexibility index (Phi) is 12.9. The van der Waals surface area contributed by atoms with Crippen LogP contribution in [0.15, 0.2) is 33.9 Å². The molecular formula is C16H10MoO6. The molecule has 0 aromatic rings. The van der Waals surface area contributed by atoms with Gasteiger partial charge >= 0.3 is 0 Å². The average molecular weight is 394 g/mol. The van der Waals surface area contributed by atoms with E-state index < -0.39 is 22.3 Å². The van der Waals surface area contributed by atoms with Gasteiger partial charge in [-0.1, -0.05) is 13.3 Å². The van der Waals surface area contributed by atoms with Crippen LogP contribution in [0.5, 0.6) is 0 Å². The van der Waals surface area contributed by atoms with E-state index in [0.29, 0.717) is 18.9 Å². The fraction of sp³-hybridized carbons (Fsp3) is 0.250. The van der Waals surface area contributed by atoms with Gasteiger partial charge in [-0.25, -0.2) is 28.8 Å². The Morgan fingerprint density at radius 3 is 1.70 bits per heavy atom. The van der Waals surface area contributed by atoms with E-state index in [1.807, 2.05) is 6.92 Å². The Morgan fingerprint density at radius 1 is 0.783 bits per heavy atom. The molecule has 23 heavy (non-hydrogen) atoms. The zero-order valence-electron chi connectivity index (χ0n) is 12.1. The first kappa shape index (κ1) is 22.7. The van der Waals surface area contributed by atoms with Gasteiger partial charge in [-0.3, -0.25) is 0 Å². The molecule has 0 atom stereocenters. The van der Waals surface area contributed by atoms with Crippen molar-refractivity contribution in [3.8, 4) is 0 Å². The maximum Gasteiger partial charge on any atom is 0.135 e. The summed E-state index contributed by atoms with van der Waals surface area (Å²) < 4.78 is 0. The minimum absolute atomic E-state index is 0. The normalized spacial score (nSPS) is 7.52. The van der Waals surface area contributed by atoms with E-state index in [-0.39, 0.29) is 33.1 Å². The topological polar surface area (TPSA) is 102 Å². The third-order valence-corrected chi connectivity index (χ3v) is 2.59. The Balaban J connectivity index is 0. The predicted octanol–water partition coefficient (Wildman–Crippen LogP) is 0.352. The van der Waals surface area contributed by atoms with Gasteiger partial charge in [-0.05, 0) is 12.8 Å². The molecule has 0 amide bonds. The van der Waals surface area contributed by atoms with Gasteiger partial charge in [0.05, 0.1) is 27.9 Å². The Hall–Kier alpha value is -2.61. The van der Waals surface area contributed by atoms with Crippen molar-refractivity contribution in [1.82, 2.24) is 0 Å². The van der Waals surface area contributed by atoms with Gasteiger partial charge in [-0.2, -0.15) is 0 Å². The van der Waals surface area contributed by atoms with Gasteiger partial charge < -0.3 is 0 Å². The van der Waals surface area contributed by atoms with Crippen LogP contribution in [0.1, 0.15) is 26.2 Å². The predicted molar refractivity (Wildman–Crippen MR) is 75.8 cm³/mol. The third kappa shape index (κ3) is 6.35. The van der Waals surface area contributed by atoms with Crippen molar-refractivity contribution in [2.45, 2.75) is 26.2 Å². The number of hydrogen-bond acceptors (Lipinski definition) is 6. The van der Waals surface area contributed by atoms with Crippen molar-refractivity contribution in [3.63, 3.8) is 0 Å². The van der Waals surface area contributed by atoms with E-state index in [4.69, 9.17) is 0 Å². The first-order chi connectivity index (χ1) is 10.6. The second-order valence-corrected chi connectivity index (χ2v) is 3.89. The number of allylic oxidation sites excluding steroid dienone is 6. The van der Waals surface area contributed by atoms with Crippen molar-refractivity contribution in [1.29, 1.82) is 0 Å². The van der Waals surface area contributed by atoms with Crippen LogP contribution in [0.25, 0.3) is 0 Å². The van der Waals surface area contributed by atoms with E-state index in [0.717, 1.165) is 0 Å². The van der Waals surface area contributed by atoms with Crippen LogP contribution in [0.4, 0.5) is 0 Å². The second kappa shape index (κ2) is 13.1. The van der Waals surface area contributed by atoms with E-state index in [2.05, 4.69) is 0 Å². The second-order valence-electron chi connectivity index (χ2n) is 3.89. The van der Waals surface area contributed by atoms with E-state index in [1.54, 1.807) is 0 Å². The first-order valence-corrected chi connectivity index (χ1v) is 6.11. The molecule has 0 aliphatic carbocycles. The molecule has 7 heteroatoms. The summed E-state index contributed by atoms with van der Waals surface area (Å²) in [4.78, 5) is 65.1. The minimum Gasteiger partial charge on any atom is -0.233 e. The zero-order chi connectivity index (χ0) is 17.0. The van der Waals surface area contributed by atoms with Crippen molar-refractivity contribution in [2.75, 3.05) is 0 Å². The summed E-state index contributed by atoms with van der Waals surface area (Å²) in [6, 6.07) is 0. The minimum atomic E-state index is -0.726. The number of unbranched alkanes of at least 4 members (excludes halogenated alkanes) is 1. The fourth-order valence-electron chi connectivity index (χ4n) is 1.52. The van der Waals surface area contributed by atoms with Crippen LogP contribution in [-0.2, 0) is 49.8 Å². The van der Waals surface area contributed by atoms with E-state index in [1.165, 1.54) is 35.6 Å². The molecule has 0 spiro atoms. The molecule has 0 aliphatic rings. The Bertz CT molecular complexity index is 752. The van der Waals surface area contributed by atoms with Crippen LogP contribution in [0, 0.1) is 0 Å². The van der Waals surface area contributed by atoms with E-state index in [9.17, 15) is 28.8 Å². The SMILES string of the molecule is CCCCC(=C=O)C(=C=O)C(=C=O)C(=C=O)C(=C=O)C=C=O.[Mo]. The van der Waals surface area contributed by atoms with Gasteiger partial charge in [0.15, 0.2) is 0 Å². The van der Waals surface area contributed by atoms with Gasteiger partial charge in [0.2, 0.25) is 0 Å². The number of rotatable bonds is 8. The molecule has 0 fully saturated rings. The maximum atomic E-state index is 11.1. The quantitative estimate of drug-likeness (QED) is 0.335. The summed E-state index contributed by atoms with van der Waals surface area (Å²) in [5.41, 5.74) is -2.82. The smallest absolute Gasteiger partial charge is 0.135 e. The average Bonchev–Trinajstić information content (AvgIpc) is 2.55. The monoisotopic (exact) mass is 396 g/mol. The molecule has 0 aromatic carbocycles. The molecule has 6 nitrogen and oxygen atoms in total. The zero-order valence-corrected chi connectivity index (χ0v) is 14.1. The van der Waals surface area contributed by atoms with Crippen LogP contribution in [0.2, 0.25) is 0 Å². The van der Waals surface area contributed by atoms with Crippen LogP contribution < -0.4 is 0 Å². The molecule has 0 rings (SSSR count). The summed E-state index contributed by atoms with van der Waals surface area (Å²) in [6.07, 6.45) is 1.88.